The molecule has 0 spiro atoms. The third-order valence-corrected chi connectivity index (χ3v) is 8.87. The van der Waals surface area contributed by atoms with Gasteiger partial charge in [-0.3, -0.25) is 0 Å². The Hall–Kier alpha value is -6.45. The number of fused-ring (bicyclic) bond motifs is 5. The molecule has 3 heteroatoms. The fourth-order valence-electron chi connectivity index (χ4n) is 6.45. The minimum absolute atomic E-state index is 0.874. The van der Waals surface area contributed by atoms with Crippen molar-refractivity contribution in [3.63, 3.8) is 0 Å². The highest BCUT2D eigenvalue weighted by molar-refractivity contribution is 6.22. The molecule has 0 aliphatic carbocycles. The summed E-state index contributed by atoms with van der Waals surface area (Å²) in [4.78, 5) is 0. The Morgan fingerprint density at radius 3 is 2.11 bits per heavy atom. The Kier molecular flexibility index (Phi) is 15.3. The van der Waals surface area contributed by atoms with E-state index in [9.17, 15) is 0 Å². The molecule has 6 rings (SSSR count). The number of allylic oxidation sites excluding steroid dienone is 12. The van der Waals surface area contributed by atoms with Gasteiger partial charge in [0.2, 0.25) is 0 Å². The van der Waals surface area contributed by atoms with Crippen molar-refractivity contribution in [2.45, 2.75) is 41.5 Å². The van der Waals surface area contributed by atoms with Crippen LogP contribution in [0.15, 0.2) is 188 Å². The van der Waals surface area contributed by atoms with Crippen LogP contribution in [0, 0.1) is 12.3 Å². The van der Waals surface area contributed by atoms with Crippen molar-refractivity contribution >= 4 is 56.3 Å². The maximum Gasteiger partial charge on any atom is 0.0613 e. The number of benzene rings is 5. The normalized spacial score (nSPS) is 12.0. The summed E-state index contributed by atoms with van der Waals surface area (Å²) in [5.74, 6) is 0. The van der Waals surface area contributed by atoms with Gasteiger partial charge in [0, 0.05) is 40.0 Å². The van der Waals surface area contributed by atoms with Gasteiger partial charge < -0.3 is 15.3 Å². The fraction of sp³-hybridized carbons (Fsp3) is 0.118. The second-order valence-electron chi connectivity index (χ2n) is 12.4. The van der Waals surface area contributed by atoms with E-state index in [1.54, 1.807) is 12.2 Å². The Balaban J connectivity index is 0.000000304. The molecule has 3 nitrogen and oxygen atoms in total. The molecule has 0 bridgehead atoms. The number of hydrogen-bond acceptors (Lipinski definition) is 2. The average molecular weight is 708 g/mol. The Bertz CT molecular complexity index is 2410. The highest BCUT2D eigenvalue weighted by Gasteiger charge is 2.16. The van der Waals surface area contributed by atoms with Gasteiger partial charge >= 0.3 is 0 Å². The number of anilines is 1. The summed E-state index contributed by atoms with van der Waals surface area (Å²) in [7, 11) is 0. The summed E-state index contributed by atoms with van der Waals surface area (Å²) in [5, 5.41) is 15.3. The van der Waals surface area contributed by atoms with E-state index in [0.29, 0.717) is 0 Å². The van der Waals surface area contributed by atoms with Crippen LogP contribution in [0.25, 0.3) is 55.5 Å². The van der Waals surface area contributed by atoms with Crippen LogP contribution in [0.5, 0.6) is 0 Å². The van der Waals surface area contributed by atoms with Crippen molar-refractivity contribution in [3.05, 3.63) is 199 Å². The number of rotatable bonds is 11. The summed E-state index contributed by atoms with van der Waals surface area (Å²) in [5.41, 5.74) is 11.6. The smallest absolute Gasteiger partial charge is 0.0613 e. The minimum atomic E-state index is 0.874. The number of aryl methyl sites for hydroxylation is 1. The molecular formula is C51H53N3. The summed E-state index contributed by atoms with van der Waals surface area (Å²) in [6.07, 6.45) is 22.9. The zero-order valence-electron chi connectivity index (χ0n) is 32.6. The second kappa shape index (κ2) is 20.6. The van der Waals surface area contributed by atoms with Crippen LogP contribution in [0.2, 0.25) is 0 Å². The van der Waals surface area contributed by atoms with Gasteiger partial charge in [0.05, 0.1) is 11.0 Å². The lowest BCUT2D eigenvalue weighted by Crippen LogP contribution is -1.98. The number of nitrogens with zero attached hydrogens (tertiary/aromatic N) is 1. The van der Waals surface area contributed by atoms with E-state index in [1.807, 2.05) is 82.4 Å². The number of aromatic nitrogens is 1. The van der Waals surface area contributed by atoms with Crippen molar-refractivity contribution in [2.75, 3.05) is 5.32 Å². The van der Waals surface area contributed by atoms with Crippen LogP contribution >= 0.6 is 0 Å². The summed E-state index contributed by atoms with van der Waals surface area (Å²) >= 11 is 0. The second-order valence-corrected chi connectivity index (χ2v) is 12.4. The van der Waals surface area contributed by atoms with Crippen molar-refractivity contribution in [1.29, 1.82) is 5.41 Å². The Morgan fingerprint density at radius 2 is 1.43 bits per heavy atom. The van der Waals surface area contributed by atoms with Gasteiger partial charge in [-0.2, -0.15) is 0 Å². The molecular weight excluding hydrogens is 655 g/mol. The van der Waals surface area contributed by atoms with Gasteiger partial charge in [-0.1, -0.05) is 154 Å². The van der Waals surface area contributed by atoms with Crippen LogP contribution in [0.1, 0.15) is 45.7 Å². The third-order valence-electron chi connectivity index (χ3n) is 8.87. The van der Waals surface area contributed by atoms with Gasteiger partial charge in [-0.15, -0.1) is 0 Å². The number of para-hydroxylation sites is 1. The van der Waals surface area contributed by atoms with Crippen LogP contribution in [0.4, 0.5) is 5.69 Å². The van der Waals surface area contributed by atoms with Crippen molar-refractivity contribution in [3.8, 4) is 11.1 Å². The molecule has 0 saturated carbocycles. The third kappa shape index (κ3) is 9.70. The molecule has 54 heavy (non-hydrogen) atoms. The van der Waals surface area contributed by atoms with E-state index in [1.165, 1.54) is 72.2 Å². The Morgan fingerprint density at radius 1 is 0.741 bits per heavy atom. The molecule has 0 aliphatic rings. The summed E-state index contributed by atoms with van der Waals surface area (Å²) < 4.78 is 2.30. The monoisotopic (exact) mass is 707 g/mol. The number of hydrogen-bond donors (Lipinski definition) is 2. The van der Waals surface area contributed by atoms with E-state index < -0.39 is 0 Å². The van der Waals surface area contributed by atoms with Gasteiger partial charge in [-0.25, -0.2) is 0 Å². The van der Waals surface area contributed by atoms with Crippen molar-refractivity contribution in [2.24, 2.45) is 0 Å². The molecule has 0 radical (unpaired) electrons. The molecule has 5 aromatic carbocycles. The molecule has 0 fully saturated rings. The predicted octanol–water partition coefficient (Wildman–Crippen LogP) is 14.9. The van der Waals surface area contributed by atoms with Crippen LogP contribution in [-0.4, -0.2) is 10.8 Å². The maximum absolute atomic E-state index is 6.91. The predicted molar refractivity (Wildman–Crippen MR) is 242 cm³/mol. The topological polar surface area (TPSA) is 40.8 Å². The van der Waals surface area contributed by atoms with Crippen LogP contribution in [-0.2, 0) is 0 Å². The number of nitrogens with one attached hydrogen (secondary N) is 2. The van der Waals surface area contributed by atoms with Gasteiger partial charge in [-0.05, 0) is 103 Å². The largest absolute Gasteiger partial charge is 0.356 e. The first-order chi connectivity index (χ1) is 26.4. The first kappa shape index (κ1) is 40.3. The molecule has 2 N–H and O–H groups in total. The molecule has 1 aromatic heterocycles. The molecule has 0 aliphatic heterocycles. The van der Waals surface area contributed by atoms with E-state index in [0.717, 1.165) is 11.4 Å². The quantitative estimate of drug-likeness (QED) is 0.102. The van der Waals surface area contributed by atoms with Crippen LogP contribution < -0.4 is 5.32 Å². The van der Waals surface area contributed by atoms with Gasteiger partial charge in [0.25, 0.3) is 0 Å². The average Bonchev–Trinajstić information content (AvgIpc) is 3.52. The zero-order valence-corrected chi connectivity index (χ0v) is 32.6. The van der Waals surface area contributed by atoms with Gasteiger partial charge in [0.1, 0.15) is 0 Å². The Labute approximate surface area is 322 Å². The van der Waals surface area contributed by atoms with Gasteiger partial charge in [0.15, 0.2) is 0 Å². The van der Waals surface area contributed by atoms with E-state index in [-0.39, 0.29) is 0 Å². The fourth-order valence-corrected chi connectivity index (χ4v) is 6.45. The summed E-state index contributed by atoms with van der Waals surface area (Å²) in [6.45, 7) is 20.1. The highest BCUT2D eigenvalue weighted by atomic mass is 15.0. The molecule has 0 atom stereocenters. The molecule has 0 saturated heterocycles. The summed E-state index contributed by atoms with van der Waals surface area (Å²) in [6, 6.07) is 36.6. The van der Waals surface area contributed by atoms with E-state index in [2.05, 4.69) is 140 Å². The van der Waals surface area contributed by atoms with Crippen LogP contribution in [0.3, 0.4) is 0 Å². The molecule has 1 heterocycles. The molecule has 6 aromatic rings. The first-order valence-corrected chi connectivity index (χ1v) is 18.6. The SMILES string of the molecule is C=C/C=C\C=C/n1c2ccccc2c2cc(-c3ccc(C)c(NC(=C)/C=C\C)c3)c3ccccc3c21.CC.C\C=C(/C(C)=C/C=C\C=N)c1ccccc1. The van der Waals surface area contributed by atoms with E-state index >= 15 is 0 Å². The van der Waals surface area contributed by atoms with E-state index in [4.69, 9.17) is 5.41 Å². The lowest BCUT2D eigenvalue weighted by molar-refractivity contribution is 1.30. The highest BCUT2D eigenvalue weighted by Crippen LogP contribution is 2.40. The minimum Gasteiger partial charge on any atom is -0.356 e. The zero-order chi connectivity index (χ0) is 38.9. The molecule has 0 unspecified atom stereocenters. The first-order valence-electron chi connectivity index (χ1n) is 18.6. The maximum atomic E-state index is 6.91. The van der Waals surface area contributed by atoms with Crippen molar-refractivity contribution in [1.82, 2.24) is 4.57 Å². The lowest BCUT2D eigenvalue weighted by Gasteiger charge is -2.14. The molecule has 272 valence electrons. The molecule has 0 amide bonds. The standard InChI is InChI=1S/C34H30N2.C15H17N.C2H6/c1-5-7-8-13-21-36-33-18-12-11-16-28(33)31-23-30(27-15-9-10-17-29(27)34(31)36)26-20-19-24(3)32(22-26)35-25(4)14-6-2;1-3-15(13(2)9-7-8-12-16)14-10-5-4-6-11-14;1-2/h5-23,35H,1,4H2,2-3H3;3-12,16H,1-2H3;1-2H3/b8-7-,14-6-,21-13-;8-7-,13-9+,15-3+,16-12?;. The van der Waals surface area contributed by atoms with Crippen molar-refractivity contribution < 1.29 is 0 Å². The lowest BCUT2D eigenvalue weighted by atomic mass is 9.94.